The van der Waals surface area contributed by atoms with E-state index in [9.17, 15) is 4.79 Å². The molecule has 2 aromatic rings. The highest BCUT2D eigenvalue weighted by molar-refractivity contribution is 6.30. The molecule has 1 saturated heterocycles. The highest BCUT2D eigenvalue weighted by Crippen LogP contribution is 2.27. The summed E-state index contributed by atoms with van der Waals surface area (Å²) >= 11 is 6.06. The first-order chi connectivity index (χ1) is 11.6. The molecule has 0 bridgehead atoms. The summed E-state index contributed by atoms with van der Waals surface area (Å²) in [6.07, 6.45) is 2.08. The van der Waals surface area contributed by atoms with E-state index in [2.05, 4.69) is 15.6 Å². The Bertz CT molecular complexity index is 741. The molecule has 1 aromatic carbocycles. The maximum Gasteiger partial charge on any atom is 0.273 e. The van der Waals surface area contributed by atoms with Crippen molar-refractivity contribution in [2.24, 2.45) is 0 Å². The van der Waals surface area contributed by atoms with Crippen LogP contribution in [-0.2, 0) is 4.74 Å². The fraction of sp³-hybridized carbons (Fsp3) is 0.438. The summed E-state index contributed by atoms with van der Waals surface area (Å²) in [5.41, 5.74) is 1.52. The van der Waals surface area contributed by atoms with Crippen LogP contribution in [0.5, 0.6) is 5.75 Å². The van der Waals surface area contributed by atoms with E-state index < -0.39 is 0 Å². The van der Waals surface area contributed by atoms with Crippen LogP contribution in [0.4, 0.5) is 0 Å². The highest BCUT2D eigenvalue weighted by atomic mass is 35.5. The number of hydrogen-bond donors (Lipinski definition) is 1. The van der Waals surface area contributed by atoms with Crippen LogP contribution < -0.4 is 10.1 Å². The van der Waals surface area contributed by atoms with Crippen LogP contribution in [-0.4, -0.2) is 47.3 Å². The minimum atomic E-state index is -0.268. The zero-order chi connectivity index (χ0) is 17.1. The number of methoxy groups -OCH3 is 1. The fourth-order valence-electron chi connectivity index (χ4n) is 2.69. The molecule has 0 saturated carbocycles. The SMILES string of the molecule is COc1ccc(Cl)cc1-n1nnc(C(=O)NC[C@@H]2CCCO2)c1C. The van der Waals surface area contributed by atoms with Crippen molar-refractivity contribution in [2.75, 3.05) is 20.3 Å². The van der Waals surface area contributed by atoms with Crippen LogP contribution >= 0.6 is 11.6 Å². The molecule has 0 unspecified atom stereocenters. The van der Waals surface area contributed by atoms with Gasteiger partial charge in [0.1, 0.15) is 11.4 Å². The molecule has 0 aliphatic carbocycles. The van der Waals surface area contributed by atoms with Gasteiger partial charge in [-0.3, -0.25) is 4.79 Å². The number of aromatic nitrogens is 3. The van der Waals surface area contributed by atoms with Gasteiger partial charge in [-0.2, -0.15) is 0 Å². The number of rotatable bonds is 5. The first-order valence-corrected chi connectivity index (χ1v) is 8.14. The number of nitrogens with zero attached hydrogens (tertiary/aromatic N) is 3. The van der Waals surface area contributed by atoms with Crippen LogP contribution in [0.1, 0.15) is 29.0 Å². The zero-order valence-corrected chi connectivity index (χ0v) is 14.3. The molecule has 1 aromatic heterocycles. The summed E-state index contributed by atoms with van der Waals surface area (Å²) in [5, 5.41) is 11.5. The van der Waals surface area contributed by atoms with E-state index in [0.29, 0.717) is 28.7 Å². The Kier molecular flexibility index (Phi) is 5.01. The van der Waals surface area contributed by atoms with Gasteiger partial charge >= 0.3 is 0 Å². The van der Waals surface area contributed by atoms with Crippen LogP contribution in [0.15, 0.2) is 18.2 Å². The molecular weight excluding hydrogens is 332 g/mol. The van der Waals surface area contributed by atoms with E-state index in [-0.39, 0.29) is 17.7 Å². The smallest absolute Gasteiger partial charge is 0.273 e. The van der Waals surface area contributed by atoms with Crippen LogP contribution in [0.3, 0.4) is 0 Å². The van der Waals surface area contributed by atoms with Gasteiger partial charge in [0.25, 0.3) is 5.91 Å². The number of carbonyl (C=O) groups excluding carboxylic acids is 1. The van der Waals surface area contributed by atoms with Gasteiger partial charge in [0.15, 0.2) is 5.69 Å². The summed E-state index contributed by atoms with van der Waals surface area (Å²) in [4.78, 5) is 12.3. The largest absolute Gasteiger partial charge is 0.494 e. The van der Waals surface area contributed by atoms with Gasteiger partial charge in [-0.1, -0.05) is 16.8 Å². The maximum atomic E-state index is 12.3. The maximum absolute atomic E-state index is 12.3. The Morgan fingerprint density at radius 2 is 2.38 bits per heavy atom. The molecule has 0 radical (unpaired) electrons. The average Bonchev–Trinajstić information content (AvgIpc) is 3.22. The number of nitrogens with one attached hydrogen (secondary N) is 1. The molecule has 1 amide bonds. The van der Waals surface area contributed by atoms with Crippen molar-refractivity contribution in [1.82, 2.24) is 20.3 Å². The summed E-state index contributed by atoms with van der Waals surface area (Å²) in [5.74, 6) is 0.328. The van der Waals surface area contributed by atoms with Crippen molar-refractivity contribution in [2.45, 2.75) is 25.9 Å². The Labute approximate surface area is 144 Å². The number of benzene rings is 1. The Hall–Kier alpha value is -2.12. The van der Waals surface area contributed by atoms with Gasteiger partial charge in [0.05, 0.1) is 18.9 Å². The third-order valence-corrected chi connectivity index (χ3v) is 4.23. The molecule has 1 aliphatic heterocycles. The second kappa shape index (κ2) is 7.19. The Morgan fingerprint density at radius 3 is 3.08 bits per heavy atom. The molecule has 7 nitrogen and oxygen atoms in total. The quantitative estimate of drug-likeness (QED) is 0.893. The third-order valence-electron chi connectivity index (χ3n) is 3.99. The lowest BCUT2D eigenvalue weighted by Crippen LogP contribution is -2.32. The first-order valence-electron chi connectivity index (χ1n) is 7.76. The second-order valence-electron chi connectivity index (χ2n) is 5.60. The molecule has 24 heavy (non-hydrogen) atoms. The van der Waals surface area contributed by atoms with Gasteiger partial charge in [0, 0.05) is 18.2 Å². The Balaban J connectivity index is 1.80. The van der Waals surface area contributed by atoms with E-state index >= 15 is 0 Å². The molecular formula is C16H19ClN4O3. The van der Waals surface area contributed by atoms with Gasteiger partial charge in [0.2, 0.25) is 0 Å². The van der Waals surface area contributed by atoms with Crippen molar-refractivity contribution in [3.8, 4) is 11.4 Å². The summed E-state index contributed by atoms with van der Waals surface area (Å²) in [6, 6.07) is 5.19. The molecule has 1 N–H and O–H groups in total. The first kappa shape index (κ1) is 16.7. The molecule has 3 rings (SSSR count). The highest BCUT2D eigenvalue weighted by Gasteiger charge is 2.21. The molecule has 1 aliphatic rings. The molecule has 1 atom stereocenters. The average molecular weight is 351 g/mol. The standard InChI is InChI=1S/C16H19ClN4O3/c1-10-15(16(22)18-9-12-4-3-7-24-12)19-20-21(10)13-8-11(17)5-6-14(13)23-2/h5-6,8,12H,3-4,7,9H2,1-2H3,(H,18,22)/t12-/m0/s1. The van der Waals surface area contributed by atoms with Gasteiger partial charge in [-0.15, -0.1) is 5.10 Å². The number of ether oxygens (including phenoxy) is 2. The van der Waals surface area contributed by atoms with Gasteiger partial charge in [-0.05, 0) is 38.0 Å². The molecule has 1 fully saturated rings. The van der Waals surface area contributed by atoms with Crippen LogP contribution in [0.25, 0.3) is 5.69 Å². The molecule has 0 spiro atoms. The van der Waals surface area contributed by atoms with E-state index in [1.165, 1.54) is 0 Å². The number of halogens is 1. The van der Waals surface area contributed by atoms with Crippen molar-refractivity contribution >= 4 is 17.5 Å². The summed E-state index contributed by atoms with van der Waals surface area (Å²) < 4.78 is 12.4. The van der Waals surface area contributed by atoms with Crippen molar-refractivity contribution in [3.05, 3.63) is 34.6 Å². The Morgan fingerprint density at radius 1 is 1.54 bits per heavy atom. The summed E-state index contributed by atoms with van der Waals surface area (Å²) in [6.45, 7) is 3.01. The minimum absolute atomic E-state index is 0.0809. The zero-order valence-electron chi connectivity index (χ0n) is 13.6. The predicted octanol–water partition coefficient (Wildman–Crippen LogP) is 2.15. The topological polar surface area (TPSA) is 78.3 Å². The van der Waals surface area contributed by atoms with E-state index in [1.54, 1.807) is 36.9 Å². The van der Waals surface area contributed by atoms with Crippen molar-refractivity contribution in [1.29, 1.82) is 0 Å². The van der Waals surface area contributed by atoms with E-state index in [4.69, 9.17) is 21.1 Å². The van der Waals surface area contributed by atoms with Crippen molar-refractivity contribution in [3.63, 3.8) is 0 Å². The lowest BCUT2D eigenvalue weighted by atomic mass is 10.2. The molecule has 128 valence electrons. The number of carbonyl (C=O) groups is 1. The minimum Gasteiger partial charge on any atom is -0.494 e. The van der Waals surface area contributed by atoms with E-state index in [0.717, 1.165) is 19.4 Å². The van der Waals surface area contributed by atoms with Gasteiger partial charge < -0.3 is 14.8 Å². The van der Waals surface area contributed by atoms with Gasteiger partial charge in [-0.25, -0.2) is 4.68 Å². The second-order valence-corrected chi connectivity index (χ2v) is 6.03. The predicted molar refractivity (Wildman–Crippen MR) is 89.0 cm³/mol. The third kappa shape index (κ3) is 3.37. The normalized spacial score (nSPS) is 17.0. The van der Waals surface area contributed by atoms with E-state index in [1.807, 2.05) is 0 Å². The lowest BCUT2D eigenvalue weighted by molar-refractivity contribution is 0.0853. The van der Waals surface area contributed by atoms with Crippen LogP contribution in [0.2, 0.25) is 5.02 Å². The summed E-state index contributed by atoms with van der Waals surface area (Å²) in [7, 11) is 1.56. The monoisotopic (exact) mass is 350 g/mol. The van der Waals surface area contributed by atoms with Crippen LogP contribution in [0, 0.1) is 6.92 Å². The van der Waals surface area contributed by atoms with Crippen molar-refractivity contribution < 1.29 is 14.3 Å². The lowest BCUT2D eigenvalue weighted by Gasteiger charge is -2.11. The fourth-order valence-corrected chi connectivity index (χ4v) is 2.86. The molecule has 2 heterocycles. The number of hydrogen-bond acceptors (Lipinski definition) is 5. The number of amides is 1. The molecule has 8 heteroatoms.